The number of rotatable bonds is 6. The molecule has 1 heterocycles. The third kappa shape index (κ3) is 3.12. The van der Waals surface area contributed by atoms with Crippen LogP contribution >= 0.6 is 0 Å². The lowest BCUT2D eigenvalue weighted by Gasteiger charge is -2.14. The molecule has 124 valence electrons. The van der Waals surface area contributed by atoms with E-state index in [0.29, 0.717) is 11.1 Å². The van der Waals surface area contributed by atoms with Gasteiger partial charge in [0.2, 0.25) is 10.0 Å². The van der Waals surface area contributed by atoms with E-state index in [2.05, 4.69) is 19.7 Å². The number of benzene rings is 2. The molecule has 2 aromatic carbocycles. The smallest absolute Gasteiger partial charge is 0.312 e. The SMILES string of the molecule is O=C(O)C(CNS(=O)(=O)c1cccc2nonc12)c1ccccc1. The Balaban J connectivity index is 1.87. The van der Waals surface area contributed by atoms with Crippen molar-refractivity contribution in [2.45, 2.75) is 10.8 Å². The van der Waals surface area contributed by atoms with Crippen molar-refractivity contribution in [1.29, 1.82) is 0 Å². The fourth-order valence-corrected chi connectivity index (χ4v) is 3.50. The maximum atomic E-state index is 12.5. The van der Waals surface area contributed by atoms with Crippen molar-refractivity contribution in [3.8, 4) is 0 Å². The number of aromatic nitrogens is 2. The quantitative estimate of drug-likeness (QED) is 0.690. The first-order valence-electron chi connectivity index (χ1n) is 6.98. The minimum absolute atomic E-state index is 0.0941. The van der Waals surface area contributed by atoms with Crippen LogP contribution in [0.4, 0.5) is 0 Å². The highest BCUT2D eigenvalue weighted by Gasteiger charge is 2.25. The Kier molecular flexibility index (Phi) is 4.28. The summed E-state index contributed by atoms with van der Waals surface area (Å²) in [6.07, 6.45) is 0. The Morgan fingerprint density at radius 2 is 1.88 bits per heavy atom. The third-order valence-corrected chi connectivity index (χ3v) is 4.97. The van der Waals surface area contributed by atoms with E-state index in [9.17, 15) is 18.3 Å². The fraction of sp³-hybridized carbons (Fsp3) is 0.133. The zero-order chi connectivity index (χ0) is 17.2. The molecule has 1 aromatic heterocycles. The molecule has 3 rings (SSSR count). The van der Waals surface area contributed by atoms with Gasteiger partial charge in [0.15, 0.2) is 5.52 Å². The Hall–Kier alpha value is -2.78. The maximum absolute atomic E-state index is 12.5. The van der Waals surface area contributed by atoms with Crippen LogP contribution in [-0.2, 0) is 14.8 Å². The van der Waals surface area contributed by atoms with Crippen LogP contribution in [0.15, 0.2) is 58.1 Å². The zero-order valence-corrected chi connectivity index (χ0v) is 13.1. The highest BCUT2D eigenvalue weighted by Crippen LogP contribution is 2.21. The standard InChI is InChI=1S/C15H13N3O5S/c19-15(20)11(10-5-2-1-3-6-10)9-16-24(21,22)13-8-4-7-12-14(13)18-23-17-12/h1-8,11,16H,9H2,(H,19,20). The molecular weight excluding hydrogens is 334 g/mol. The maximum Gasteiger partial charge on any atom is 0.312 e. The molecule has 9 heteroatoms. The first-order valence-corrected chi connectivity index (χ1v) is 8.46. The lowest BCUT2D eigenvalue weighted by Crippen LogP contribution is -2.31. The summed E-state index contributed by atoms with van der Waals surface area (Å²) in [6.45, 7) is -0.288. The van der Waals surface area contributed by atoms with Crippen molar-refractivity contribution in [2.24, 2.45) is 0 Å². The van der Waals surface area contributed by atoms with Crippen LogP contribution in [-0.4, -0.2) is 36.4 Å². The van der Waals surface area contributed by atoms with E-state index in [1.54, 1.807) is 36.4 Å². The molecule has 0 saturated heterocycles. The molecule has 0 saturated carbocycles. The molecule has 1 atom stereocenters. The monoisotopic (exact) mass is 347 g/mol. The topological polar surface area (TPSA) is 122 Å². The number of carboxylic acid groups (broad SMARTS) is 1. The van der Waals surface area contributed by atoms with Crippen LogP contribution in [0.3, 0.4) is 0 Å². The van der Waals surface area contributed by atoms with Crippen LogP contribution < -0.4 is 4.72 Å². The first-order chi connectivity index (χ1) is 11.5. The average molecular weight is 347 g/mol. The normalized spacial score (nSPS) is 13.0. The second-order valence-corrected chi connectivity index (χ2v) is 6.78. The molecule has 0 aliphatic carbocycles. The third-order valence-electron chi connectivity index (χ3n) is 3.52. The molecule has 0 aliphatic heterocycles. The number of aliphatic carboxylic acids is 1. The summed E-state index contributed by atoms with van der Waals surface area (Å²) in [5.41, 5.74) is 0.904. The van der Waals surface area contributed by atoms with Crippen molar-refractivity contribution in [3.05, 3.63) is 54.1 Å². The van der Waals surface area contributed by atoms with Gasteiger partial charge in [-0.3, -0.25) is 4.79 Å². The summed E-state index contributed by atoms with van der Waals surface area (Å²) in [5, 5.41) is 16.5. The number of nitrogens with one attached hydrogen (secondary N) is 1. The Bertz CT molecular complexity index is 969. The van der Waals surface area contributed by atoms with E-state index in [1.165, 1.54) is 12.1 Å². The molecule has 0 aliphatic rings. The molecule has 2 N–H and O–H groups in total. The van der Waals surface area contributed by atoms with E-state index < -0.39 is 21.9 Å². The predicted octanol–water partition coefficient (Wildman–Crippen LogP) is 1.37. The van der Waals surface area contributed by atoms with E-state index in [1.807, 2.05) is 0 Å². The van der Waals surface area contributed by atoms with Gasteiger partial charge >= 0.3 is 5.97 Å². The number of nitrogens with zero attached hydrogens (tertiary/aromatic N) is 2. The predicted molar refractivity (Wildman–Crippen MR) is 83.8 cm³/mol. The number of carbonyl (C=O) groups is 1. The molecule has 0 radical (unpaired) electrons. The number of sulfonamides is 1. The summed E-state index contributed by atoms with van der Waals surface area (Å²) < 4.78 is 31.8. The van der Waals surface area contributed by atoms with Crippen molar-refractivity contribution < 1.29 is 22.9 Å². The van der Waals surface area contributed by atoms with Gasteiger partial charge in [-0.15, -0.1) is 0 Å². The summed E-state index contributed by atoms with van der Waals surface area (Å²) in [7, 11) is -3.97. The number of carboxylic acids is 1. The molecule has 0 spiro atoms. The van der Waals surface area contributed by atoms with Gasteiger partial charge in [0.25, 0.3) is 0 Å². The Labute approximate surface area is 137 Å². The number of hydrogen-bond acceptors (Lipinski definition) is 6. The summed E-state index contributed by atoms with van der Waals surface area (Å²) in [4.78, 5) is 11.3. The summed E-state index contributed by atoms with van der Waals surface area (Å²) >= 11 is 0. The lowest BCUT2D eigenvalue weighted by molar-refractivity contribution is -0.138. The van der Waals surface area contributed by atoms with Gasteiger partial charge in [0.1, 0.15) is 10.4 Å². The van der Waals surface area contributed by atoms with E-state index in [0.717, 1.165) is 0 Å². The van der Waals surface area contributed by atoms with Gasteiger partial charge < -0.3 is 5.11 Å². The van der Waals surface area contributed by atoms with Gasteiger partial charge in [0, 0.05) is 6.54 Å². The lowest BCUT2D eigenvalue weighted by atomic mass is 10.00. The second-order valence-electron chi connectivity index (χ2n) is 5.04. The summed E-state index contributed by atoms with van der Waals surface area (Å²) in [6, 6.07) is 12.8. The number of fused-ring (bicyclic) bond motifs is 1. The molecule has 8 nitrogen and oxygen atoms in total. The van der Waals surface area contributed by atoms with Crippen LogP contribution in [0.25, 0.3) is 11.0 Å². The van der Waals surface area contributed by atoms with E-state index >= 15 is 0 Å². The van der Waals surface area contributed by atoms with Crippen LogP contribution in [0.1, 0.15) is 11.5 Å². The van der Waals surface area contributed by atoms with E-state index in [4.69, 9.17) is 0 Å². The van der Waals surface area contributed by atoms with Gasteiger partial charge in [-0.25, -0.2) is 17.8 Å². The molecule has 0 bridgehead atoms. The molecule has 3 aromatic rings. The summed E-state index contributed by atoms with van der Waals surface area (Å²) in [5.74, 6) is -2.12. The highest BCUT2D eigenvalue weighted by molar-refractivity contribution is 7.89. The highest BCUT2D eigenvalue weighted by atomic mass is 32.2. The molecule has 0 fully saturated rings. The van der Waals surface area contributed by atoms with Gasteiger partial charge in [-0.2, -0.15) is 0 Å². The van der Waals surface area contributed by atoms with Crippen LogP contribution in [0, 0.1) is 0 Å². The second kappa shape index (κ2) is 6.38. The Morgan fingerprint density at radius 1 is 1.12 bits per heavy atom. The van der Waals surface area contributed by atoms with E-state index in [-0.39, 0.29) is 17.0 Å². The zero-order valence-electron chi connectivity index (χ0n) is 12.3. The molecule has 0 amide bonds. The average Bonchev–Trinajstić information content (AvgIpc) is 3.04. The minimum Gasteiger partial charge on any atom is -0.481 e. The Morgan fingerprint density at radius 3 is 2.58 bits per heavy atom. The minimum atomic E-state index is -3.97. The van der Waals surface area contributed by atoms with Gasteiger partial charge in [0.05, 0.1) is 5.92 Å². The number of hydrogen-bond donors (Lipinski definition) is 2. The molecule has 1 unspecified atom stereocenters. The van der Waals surface area contributed by atoms with Crippen molar-refractivity contribution >= 4 is 27.0 Å². The van der Waals surface area contributed by atoms with Crippen molar-refractivity contribution in [1.82, 2.24) is 15.0 Å². The van der Waals surface area contributed by atoms with Gasteiger partial charge in [-0.1, -0.05) is 36.4 Å². The fourth-order valence-electron chi connectivity index (χ4n) is 2.30. The van der Waals surface area contributed by atoms with Crippen molar-refractivity contribution in [3.63, 3.8) is 0 Å². The first kappa shape index (κ1) is 16.1. The molecular formula is C15H13N3O5S. The molecule has 24 heavy (non-hydrogen) atoms. The van der Waals surface area contributed by atoms with Crippen LogP contribution in [0.2, 0.25) is 0 Å². The van der Waals surface area contributed by atoms with Gasteiger partial charge in [-0.05, 0) is 28.0 Å². The largest absolute Gasteiger partial charge is 0.481 e. The van der Waals surface area contributed by atoms with Crippen molar-refractivity contribution in [2.75, 3.05) is 6.54 Å². The van der Waals surface area contributed by atoms with Crippen LogP contribution in [0.5, 0.6) is 0 Å².